The average molecular weight is 296 g/mol. The van der Waals surface area contributed by atoms with Crippen LogP contribution in [0.5, 0.6) is 0 Å². The Labute approximate surface area is 120 Å². The van der Waals surface area contributed by atoms with Crippen LogP contribution >= 0.6 is 0 Å². The molecule has 1 aliphatic carbocycles. The van der Waals surface area contributed by atoms with E-state index in [1.807, 2.05) is 0 Å². The van der Waals surface area contributed by atoms with E-state index >= 15 is 0 Å². The predicted molar refractivity (Wildman–Crippen MR) is 71.0 cm³/mol. The first-order valence-corrected chi connectivity index (χ1v) is 6.74. The first kappa shape index (κ1) is 14.1. The Bertz CT molecular complexity index is 644. The Balaban J connectivity index is 1.91. The van der Waals surface area contributed by atoms with Gasteiger partial charge in [0.25, 0.3) is 0 Å². The van der Waals surface area contributed by atoms with Crippen molar-refractivity contribution in [2.75, 3.05) is 0 Å². The number of pyridine rings is 1. The Hall–Kier alpha value is -1.89. The van der Waals surface area contributed by atoms with Crippen molar-refractivity contribution in [2.24, 2.45) is 0 Å². The van der Waals surface area contributed by atoms with Gasteiger partial charge in [-0.2, -0.15) is 18.3 Å². The minimum Gasteiger partial charge on any atom is -0.310 e. The van der Waals surface area contributed by atoms with E-state index in [4.69, 9.17) is 0 Å². The fraction of sp³-hybridized carbons (Fsp3) is 0.429. The van der Waals surface area contributed by atoms with Crippen molar-refractivity contribution in [3.05, 3.63) is 41.5 Å². The molecule has 0 aliphatic heterocycles. The van der Waals surface area contributed by atoms with Crippen LogP contribution in [0, 0.1) is 6.92 Å². The van der Waals surface area contributed by atoms with E-state index < -0.39 is 11.7 Å². The minimum atomic E-state index is -4.38. The van der Waals surface area contributed by atoms with Gasteiger partial charge < -0.3 is 5.32 Å². The highest BCUT2D eigenvalue weighted by atomic mass is 19.4. The summed E-state index contributed by atoms with van der Waals surface area (Å²) in [5.41, 5.74) is 1.46. The monoisotopic (exact) mass is 296 g/mol. The van der Waals surface area contributed by atoms with Crippen molar-refractivity contribution < 1.29 is 13.2 Å². The third-order valence-corrected chi connectivity index (χ3v) is 3.41. The molecule has 112 valence electrons. The van der Waals surface area contributed by atoms with Gasteiger partial charge in [0.2, 0.25) is 0 Å². The van der Waals surface area contributed by atoms with E-state index in [0.29, 0.717) is 18.3 Å². The molecule has 1 fully saturated rings. The largest absolute Gasteiger partial charge is 0.419 e. The smallest absolute Gasteiger partial charge is 0.310 e. The van der Waals surface area contributed by atoms with Crippen LogP contribution in [0.2, 0.25) is 0 Å². The van der Waals surface area contributed by atoms with Crippen LogP contribution in [-0.4, -0.2) is 20.8 Å². The number of halogens is 3. The van der Waals surface area contributed by atoms with Crippen molar-refractivity contribution in [3.8, 4) is 5.69 Å². The second kappa shape index (κ2) is 5.14. The number of rotatable bonds is 4. The van der Waals surface area contributed by atoms with Gasteiger partial charge in [0, 0.05) is 36.2 Å². The molecule has 1 saturated carbocycles. The van der Waals surface area contributed by atoms with E-state index in [1.54, 1.807) is 19.2 Å². The first-order chi connectivity index (χ1) is 9.93. The molecule has 1 aliphatic rings. The fourth-order valence-corrected chi connectivity index (χ4v) is 2.07. The zero-order valence-corrected chi connectivity index (χ0v) is 11.5. The molecule has 7 heteroatoms. The molecule has 0 bridgehead atoms. The summed E-state index contributed by atoms with van der Waals surface area (Å²) in [6.07, 6.45) is 1.45. The number of aryl methyl sites for hydroxylation is 1. The SMILES string of the molecule is Cc1cc(-n2cc(C(F)(F)F)cn2)c(CNC2CC2)cn1. The molecule has 2 heterocycles. The Morgan fingerprint density at radius 2 is 2.10 bits per heavy atom. The quantitative estimate of drug-likeness (QED) is 0.943. The molecular weight excluding hydrogens is 281 g/mol. The average Bonchev–Trinajstić information content (AvgIpc) is 3.10. The number of hydrogen-bond donors (Lipinski definition) is 1. The zero-order valence-electron chi connectivity index (χ0n) is 11.5. The number of alkyl halides is 3. The third-order valence-electron chi connectivity index (χ3n) is 3.41. The van der Waals surface area contributed by atoms with E-state index in [-0.39, 0.29) is 0 Å². The van der Waals surface area contributed by atoms with Crippen LogP contribution in [0.1, 0.15) is 29.7 Å². The lowest BCUT2D eigenvalue weighted by Crippen LogP contribution is -2.17. The highest BCUT2D eigenvalue weighted by Crippen LogP contribution is 2.29. The molecular formula is C14H15F3N4. The predicted octanol–water partition coefficient (Wildman–Crippen LogP) is 2.85. The van der Waals surface area contributed by atoms with Gasteiger partial charge in [-0.25, -0.2) is 4.68 Å². The van der Waals surface area contributed by atoms with Crippen molar-refractivity contribution in [3.63, 3.8) is 0 Å². The number of nitrogens with zero attached hydrogens (tertiary/aromatic N) is 3. The van der Waals surface area contributed by atoms with Gasteiger partial charge >= 0.3 is 6.18 Å². The zero-order chi connectivity index (χ0) is 15.0. The van der Waals surface area contributed by atoms with Crippen molar-refractivity contribution in [2.45, 2.75) is 38.5 Å². The molecule has 21 heavy (non-hydrogen) atoms. The van der Waals surface area contributed by atoms with E-state index in [0.717, 1.165) is 36.5 Å². The van der Waals surface area contributed by atoms with E-state index in [1.165, 1.54) is 4.68 Å². The fourth-order valence-electron chi connectivity index (χ4n) is 2.07. The van der Waals surface area contributed by atoms with Crippen LogP contribution in [0.3, 0.4) is 0 Å². The Morgan fingerprint density at radius 1 is 1.33 bits per heavy atom. The maximum Gasteiger partial charge on any atom is 0.419 e. The molecule has 0 atom stereocenters. The highest BCUT2D eigenvalue weighted by molar-refractivity contribution is 5.40. The van der Waals surface area contributed by atoms with E-state index in [2.05, 4.69) is 15.4 Å². The summed E-state index contributed by atoms with van der Waals surface area (Å²) >= 11 is 0. The molecule has 2 aromatic rings. The third kappa shape index (κ3) is 3.24. The lowest BCUT2D eigenvalue weighted by atomic mass is 10.2. The van der Waals surface area contributed by atoms with Crippen molar-refractivity contribution in [1.82, 2.24) is 20.1 Å². The Morgan fingerprint density at radius 3 is 2.71 bits per heavy atom. The molecule has 2 aromatic heterocycles. The van der Waals surface area contributed by atoms with Crippen LogP contribution < -0.4 is 5.32 Å². The topological polar surface area (TPSA) is 42.7 Å². The summed E-state index contributed by atoms with van der Waals surface area (Å²) in [6.45, 7) is 2.38. The summed E-state index contributed by atoms with van der Waals surface area (Å²) < 4.78 is 39.3. The second-order valence-corrected chi connectivity index (χ2v) is 5.28. The second-order valence-electron chi connectivity index (χ2n) is 5.28. The molecule has 0 unspecified atom stereocenters. The van der Waals surface area contributed by atoms with Crippen LogP contribution in [0.25, 0.3) is 5.69 Å². The summed E-state index contributed by atoms with van der Waals surface area (Å²) in [5, 5.41) is 7.17. The standard InChI is InChI=1S/C14H15F3N4/c1-9-4-13(10(5-18-9)6-19-12-2-3-12)21-8-11(7-20-21)14(15,16)17/h4-5,7-8,12,19H,2-3,6H2,1H3. The van der Waals surface area contributed by atoms with Crippen LogP contribution in [0.15, 0.2) is 24.7 Å². The van der Waals surface area contributed by atoms with Crippen molar-refractivity contribution in [1.29, 1.82) is 0 Å². The van der Waals surface area contributed by atoms with Crippen molar-refractivity contribution >= 4 is 0 Å². The van der Waals surface area contributed by atoms with Gasteiger partial charge in [0.05, 0.1) is 17.4 Å². The lowest BCUT2D eigenvalue weighted by Gasteiger charge is -2.11. The summed E-state index contributed by atoms with van der Waals surface area (Å²) in [4.78, 5) is 4.22. The van der Waals surface area contributed by atoms with E-state index in [9.17, 15) is 13.2 Å². The summed E-state index contributed by atoms with van der Waals surface area (Å²) in [7, 11) is 0. The summed E-state index contributed by atoms with van der Waals surface area (Å²) in [5.74, 6) is 0. The maximum absolute atomic E-state index is 12.7. The minimum absolute atomic E-state index is 0.516. The van der Waals surface area contributed by atoms with Crippen LogP contribution in [-0.2, 0) is 12.7 Å². The number of hydrogen-bond acceptors (Lipinski definition) is 3. The van der Waals surface area contributed by atoms with Gasteiger partial charge in [0.15, 0.2) is 0 Å². The van der Waals surface area contributed by atoms with Gasteiger partial charge in [-0.1, -0.05) is 0 Å². The highest BCUT2D eigenvalue weighted by Gasteiger charge is 2.32. The molecule has 4 nitrogen and oxygen atoms in total. The molecule has 0 amide bonds. The first-order valence-electron chi connectivity index (χ1n) is 6.74. The van der Waals surface area contributed by atoms with Gasteiger partial charge in [0.1, 0.15) is 0 Å². The van der Waals surface area contributed by atoms with Gasteiger partial charge in [-0.05, 0) is 25.8 Å². The maximum atomic E-state index is 12.7. The molecule has 0 radical (unpaired) electrons. The molecule has 1 N–H and O–H groups in total. The Kier molecular flexibility index (Phi) is 3.44. The molecule has 0 saturated heterocycles. The van der Waals surface area contributed by atoms with Gasteiger partial charge in [-0.3, -0.25) is 4.98 Å². The van der Waals surface area contributed by atoms with Gasteiger partial charge in [-0.15, -0.1) is 0 Å². The summed E-state index contributed by atoms with van der Waals surface area (Å²) in [6, 6.07) is 2.26. The lowest BCUT2D eigenvalue weighted by molar-refractivity contribution is -0.137. The number of aromatic nitrogens is 3. The normalized spacial score (nSPS) is 15.4. The molecule has 0 aromatic carbocycles. The molecule has 3 rings (SSSR count). The molecule has 0 spiro atoms. The van der Waals surface area contributed by atoms with Crippen LogP contribution in [0.4, 0.5) is 13.2 Å². The number of nitrogens with one attached hydrogen (secondary N) is 1.